The van der Waals surface area contributed by atoms with Gasteiger partial charge in [0, 0.05) is 29.4 Å². The van der Waals surface area contributed by atoms with E-state index in [1.165, 1.54) is 6.07 Å². The predicted octanol–water partition coefficient (Wildman–Crippen LogP) is 4.17. The van der Waals surface area contributed by atoms with Crippen molar-refractivity contribution < 1.29 is 23.1 Å². The Kier molecular flexibility index (Phi) is 6.86. The number of hydrogen-bond acceptors (Lipinski definition) is 6. The van der Waals surface area contributed by atoms with Crippen LogP contribution in [-0.4, -0.2) is 53.8 Å². The summed E-state index contributed by atoms with van der Waals surface area (Å²) in [4.78, 5) is 18.9. The molecule has 3 aromatic rings. The summed E-state index contributed by atoms with van der Waals surface area (Å²) in [6.07, 6.45) is 3.55. The van der Waals surface area contributed by atoms with Crippen LogP contribution in [0.2, 0.25) is 0 Å². The zero-order valence-electron chi connectivity index (χ0n) is 20.2. The summed E-state index contributed by atoms with van der Waals surface area (Å²) in [7, 11) is -3.87. The van der Waals surface area contributed by atoms with Crippen LogP contribution in [0.15, 0.2) is 65.7 Å². The van der Waals surface area contributed by atoms with Gasteiger partial charge in [0.1, 0.15) is 11.6 Å². The van der Waals surface area contributed by atoms with Crippen LogP contribution < -0.4 is 4.72 Å². The molecule has 0 spiro atoms. The summed E-state index contributed by atoms with van der Waals surface area (Å²) in [5.74, 6) is -0.179. The van der Waals surface area contributed by atoms with Crippen LogP contribution in [0.3, 0.4) is 0 Å². The van der Waals surface area contributed by atoms with Crippen molar-refractivity contribution in [3.63, 3.8) is 0 Å². The van der Waals surface area contributed by atoms with Crippen LogP contribution in [0.4, 0.5) is 5.69 Å². The molecule has 35 heavy (non-hydrogen) atoms. The summed E-state index contributed by atoms with van der Waals surface area (Å²) in [5.41, 5.74) is 0.0585. The number of hydrogen-bond donors (Lipinski definition) is 2. The number of anilines is 1. The molecule has 1 aromatic heterocycles. The minimum absolute atomic E-state index is 0.0915. The number of carbonyl (C=O) groups is 1. The Hall–Kier alpha value is -3.01. The minimum atomic E-state index is -3.87. The number of sulfonamides is 1. The Morgan fingerprint density at radius 1 is 1.17 bits per heavy atom. The summed E-state index contributed by atoms with van der Waals surface area (Å²) >= 11 is 0. The molecule has 1 amide bonds. The highest BCUT2D eigenvalue weighted by atomic mass is 32.2. The van der Waals surface area contributed by atoms with E-state index in [9.17, 15) is 18.3 Å². The fourth-order valence-corrected chi connectivity index (χ4v) is 5.28. The highest BCUT2D eigenvalue weighted by molar-refractivity contribution is 7.93. The van der Waals surface area contributed by atoms with Gasteiger partial charge in [-0.05, 0) is 76.4 Å². The molecule has 1 unspecified atom stereocenters. The third-order valence-electron chi connectivity index (χ3n) is 6.30. The van der Waals surface area contributed by atoms with Crippen molar-refractivity contribution in [2.24, 2.45) is 0 Å². The van der Waals surface area contributed by atoms with Gasteiger partial charge in [0.25, 0.3) is 15.9 Å². The van der Waals surface area contributed by atoms with Crippen LogP contribution in [0.1, 0.15) is 50.4 Å². The topological polar surface area (TPSA) is 109 Å². The van der Waals surface area contributed by atoms with Gasteiger partial charge in [-0.25, -0.2) is 8.42 Å². The summed E-state index contributed by atoms with van der Waals surface area (Å²) in [6.45, 7) is 6.27. The highest BCUT2D eigenvalue weighted by Crippen LogP contribution is 2.30. The number of ether oxygens (including phenoxy) is 1. The molecule has 186 valence electrons. The summed E-state index contributed by atoms with van der Waals surface area (Å²) < 4.78 is 34.6. The lowest BCUT2D eigenvalue weighted by Gasteiger charge is -2.40. The van der Waals surface area contributed by atoms with Crippen molar-refractivity contribution >= 4 is 32.5 Å². The predicted molar refractivity (Wildman–Crippen MR) is 135 cm³/mol. The average molecular weight is 498 g/mol. The first kappa shape index (κ1) is 25.1. The first-order valence-electron chi connectivity index (χ1n) is 11.6. The average Bonchev–Trinajstić information content (AvgIpc) is 2.82. The van der Waals surface area contributed by atoms with Crippen molar-refractivity contribution in [1.82, 2.24) is 9.88 Å². The summed E-state index contributed by atoms with van der Waals surface area (Å²) in [6, 6.07) is 14.9. The van der Waals surface area contributed by atoms with E-state index in [0.717, 1.165) is 5.39 Å². The van der Waals surface area contributed by atoms with Gasteiger partial charge < -0.3 is 14.7 Å². The molecule has 1 saturated heterocycles. The molecule has 0 aliphatic carbocycles. The lowest BCUT2D eigenvalue weighted by molar-refractivity contribution is -0.126. The van der Waals surface area contributed by atoms with Gasteiger partial charge >= 0.3 is 0 Å². The quantitative estimate of drug-likeness (QED) is 0.507. The molecule has 0 saturated carbocycles. The summed E-state index contributed by atoms with van der Waals surface area (Å²) in [5, 5.41) is 10.7. The van der Waals surface area contributed by atoms with Crippen LogP contribution in [0, 0.1) is 0 Å². The molecule has 0 bridgehead atoms. The van der Waals surface area contributed by atoms with Crippen LogP contribution in [-0.2, 0) is 14.8 Å². The number of para-hydroxylation sites is 1. The molecule has 1 aliphatic heterocycles. The number of rotatable bonds is 7. The number of aliphatic hydroxyl groups is 1. The van der Waals surface area contributed by atoms with E-state index in [4.69, 9.17) is 4.74 Å². The molecule has 4 rings (SSSR count). The Labute approximate surface area is 206 Å². The van der Waals surface area contributed by atoms with Crippen molar-refractivity contribution in [3.05, 3.63) is 66.4 Å². The standard InChI is InChI=1S/C26H31N3O5S/c1-25(2,31)13-14-26(3)15-17-29(18-34-26)24(30)20-9-11-21(12-10-20)28-35(32,33)22-8-4-6-19-7-5-16-27-23(19)22/h4-12,16,28,31H,13-15,17-18H2,1-3H3. The van der Waals surface area contributed by atoms with E-state index in [0.29, 0.717) is 42.6 Å². The molecule has 0 radical (unpaired) electrons. The van der Waals surface area contributed by atoms with E-state index < -0.39 is 15.6 Å². The largest absolute Gasteiger partial charge is 0.390 e. The van der Waals surface area contributed by atoms with E-state index in [-0.39, 0.29) is 23.1 Å². The molecular weight excluding hydrogens is 466 g/mol. The van der Waals surface area contributed by atoms with Crippen LogP contribution >= 0.6 is 0 Å². The smallest absolute Gasteiger partial charge is 0.264 e. The van der Waals surface area contributed by atoms with Gasteiger partial charge in [0.05, 0.1) is 16.7 Å². The molecule has 1 fully saturated rings. The Balaban J connectivity index is 1.41. The number of carbonyl (C=O) groups excluding carboxylic acids is 1. The molecule has 2 heterocycles. The van der Waals surface area contributed by atoms with Crippen LogP contribution in [0.5, 0.6) is 0 Å². The van der Waals surface area contributed by atoms with E-state index in [2.05, 4.69) is 9.71 Å². The first-order valence-corrected chi connectivity index (χ1v) is 13.1. The normalized spacial score (nSPS) is 19.0. The molecule has 1 atom stereocenters. The van der Waals surface area contributed by atoms with E-state index in [1.54, 1.807) is 61.3 Å². The number of aromatic nitrogens is 1. The highest BCUT2D eigenvalue weighted by Gasteiger charge is 2.34. The van der Waals surface area contributed by atoms with Gasteiger partial charge in [0.2, 0.25) is 0 Å². The zero-order chi connectivity index (χ0) is 25.3. The molecular formula is C26H31N3O5S. The Bertz CT molecular complexity index is 1300. The number of nitrogens with one attached hydrogen (secondary N) is 1. The first-order chi connectivity index (χ1) is 16.5. The van der Waals surface area contributed by atoms with Crippen molar-refractivity contribution in [2.75, 3.05) is 18.0 Å². The SMILES string of the molecule is CC(C)(O)CCC1(C)CCN(C(=O)c2ccc(NS(=O)(=O)c3cccc4cccnc34)cc2)CO1. The zero-order valence-corrected chi connectivity index (χ0v) is 21.0. The number of pyridine rings is 1. The maximum Gasteiger partial charge on any atom is 0.264 e. The number of nitrogens with zero attached hydrogens (tertiary/aromatic N) is 2. The molecule has 9 heteroatoms. The molecule has 1 aliphatic rings. The van der Waals surface area contributed by atoms with Gasteiger partial charge in [-0.15, -0.1) is 0 Å². The fraction of sp³-hybridized carbons (Fsp3) is 0.385. The minimum Gasteiger partial charge on any atom is -0.390 e. The van der Waals surface area contributed by atoms with E-state index >= 15 is 0 Å². The van der Waals surface area contributed by atoms with Gasteiger partial charge in [-0.1, -0.05) is 18.2 Å². The van der Waals surface area contributed by atoms with Gasteiger partial charge in [-0.3, -0.25) is 14.5 Å². The lowest BCUT2D eigenvalue weighted by Crippen LogP contribution is -2.47. The molecule has 2 N–H and O–H groups in total. The Morgan fingerprint density at radius 2 is 1.89 bits per heavy atom. The third-order valence-corrected chi connectivity index (χ3v) is 7.71. The second-order valence-electron chi connectivity index (χ2n) is 9.87. The second kappa shape index (κ2) is 9.56. The maximum atomic E-state index is 13.0. The molecule has 2 aromatic carbocycles. The third kappa shape index (κ3) is 5.98. The lowest BCUT2D eigenvalue weighted by atomic mass is 9.89. The maximum absolute atomic E-state index is 13.0. The van der Waals surface area contributed by atoms with Crippen molar-refractivity contribution in [2.45, 2.75) is 56.1 Å². The Morgan fingerprint density at radius 3 is 2.54 bits per heavy atom. The van der Waals surface area contributed by atoms with Crippen molar-refractivity contribution in [1.29, 1.82) is 0 Å². The van der Waals surface area contributed by atoms with E-state index in [1.807, 2.05) is 19.1 Å². The number of fused-ring (bicyclic) bond motifs is 1. The monoisotopic (exact) mass is 497 g/mol. The molecule has 8 nitrogen and oxygen atoms in total. The number of benzene rings is 2. The number of amides is 1. The fourth-order valence-electron chi connectivity index (χ4n) is 4.04. The second-order valence-corrected chi connectivity index (χ2v) is 11.5. The van der Waals surface area contributed by atoms with Crippen molar-refractivity contribution in [3.8, 4) is 0 Å². The van der Waals surface area contributed by atoms with Gasteiger partial charge in [-0.2, -0.15) is 0 Å². The van der Waals surface area contributed by atoms with Crippen LogP contribution in [0.25, 0.3) is 10.9 Å². The van der Waals surface area contributed by atoms with Gasteiger partial charge in [0.15, 0.2) is 0 Å².